The molecule has 0 aliphatic rings. The number of nitrogens with zero attached hydrogens (tertiary/aromatic N) is 3. The monoisotopic (exact) mass is 328 g/mol. The van der Waals surface area contributed by atoms with E-state index in [4.69, 9.17) is 4.42 Å². The van der Waals surface area contributed by atoms with Gasteiger partial charge in [0.15, 0.2) is 0 Å². The Morgan fingerprint density at radius 2 is 2.00 bits per heavy atom. The first-order valence-electron chi connectivity index (χ1n) is 7.23. The third-order valence-corrected chi connectivity index (χ3v) is 4.31. The summed E-state index contributed by atoms with van der Waals surface area (Å²) >= 11 is 1.49. The number of thiazole rings is 1. The third kappa shape index (κ3) is 3.81. The van der Waals surface area contributed by atoms with Gasteiger partial charge in [0.2, 0.25) is 5.91 Å². The minimum atomic E-state index is -0.152. The van der Waals surface area contributed by atoms with E-state index in [0.29, 0.717) is 18.7 Å². The molecule has 2 aromatic heterocycles. The predicted molar refractivity (Wildman–Crippen MR) is 88.3 cm³/mol. The van der Waals surface area contributed by atoms with E-state index in [2.05, 4.69) is 20.5 Å². The van der Waals surface area contributed by atoms with E-state index in [1.54, 1.807) is 0 Å². The zero-order valence-electron chi connectivity index (χ0n) is 12.9. The van der Waals surface area contributed by atoms with Crippen LogP contribution in [0.3, 0.4) is 0 Å². The van der Waals surface area contributed by atoms with E-state index < -0.39 is 0 Å². The van der Waals surface area contributed by atoms with Crippen LogP contribution in [0.15, 0.2) is 34.7 Å². The van der Waals surface area contributed by atoms with Crippen LogP contribution in [0.1, 0.15) is 22.7 Å². The van der Waals surface area contributed by atoms with Gasteiger partial charge in [-0.25, -0.2) is 4.98 Å². The molecule has 23 heavy (non-hydrogen) atoms. The minimum absolute atomic E-state index is 0.114. The topological polar surface area (TPSA) is 80.9 Å². The average molecular weight is 328 g/mol. The molecule has 0 bridgehead atoms. The molecule has 0 unspecified atom stereocenters. The molecule has 0 saturated carbocycles. The molecule has 1 aromatic carbocycles. The van der Waals surface area contributed by atoms with Crippen LogP contribution in [0, 0.1) is 13.8 Å². The van der Waals surface area contributed by atoms with Crippen LogP contribution in [0.4, 0.5) is 6.01 Å². The Morgan fingerprint density at radius 3 is 2.70 bits per heavy atom. The standard InChI is InChI=1S/C16H16N4O2S/c1-10-14(23-11(2)17-10)15-19-20-16(22-15)18-13(21)9-8-12-6-4-3-5-7-12/h3-7H,8-9H2,1-2H3,(H,18,20,21). The SMILES string of the molecule is Cc1nc(C)c(-c2nnc(NC(=O)CCc3ccccc3)o2)s1. The smallest absolute Gasteiger partial charge is 0.322 e. The maximum Gasteiger partial charge on any atom is 0.322 e. The van der Waals surface area contributed by atoms with Crippen LogP contribution < -0.4 is 5.32 Å². The van der Waals surface area contributed by atoms with Crippen molar-refractivity contribution in [3.63, 3.8) is 0 Å². The minimum Gasteiger partial charge on any atom is -0.402 e. The molecule has 0 atom stereocenters. The van der Waals surface area contributed by atoms with Gasteiger partial charge in [0, 0.05) is 6.42 Å². The number of aromatic nitrogens is 3. The summed E-state index contributed by atoms with van der Waals surface area (Å²) in [5.74, 6) is 0.229. The molecule has 118 valence electrons. The van der Waals surface area contributed by atoms with Gasteiger partial charge in [0.1, 0.15) is 4.88 Å². The highest BCUT2D eigenvalue weighted by molar-refractivity contribution is 7.15. The maximum absolute atomic E-state index is 12.0. The van der Waals surface area contributed by atoms with Crippen LogP contribution in [0.5, 0.6) is 0 Å². The molecule has 0 spiro atoms. The fourth-order valence-electron chi connectivity index (χ4n) is 2.18. The van der Waals surface area contributed by atoms with E-state index in [1.165, 1.54) is 11.3 Å². The summed E-state index contributed by atoms with van der Waals surface area (Å²) in [5, 5.41) is 11.4. The van der Waals surface area contributed by atoms with Crippen LogP contribution >= 0.6 is 11.3 Å². The first-order chi connectivity index (χ1) is 11.1. The molecule has 7 heteroatoms. The highest BCUT2D eigenvalue weighted by atomic mass is 32.1. The summed E-state index contributed by atoms with van der Waals surface area (Å²) in [5.41, 5.74) is 1.96. The fraction of sp³-hybridized carbons (Fsp3) is 0.250. The lowest BCUT2D eigenvalue weighted by Crippen LogP contribution is -2.12. The molecule has 0 radical (unpaired) electrons. The van der Waals surface area contributed by atoms with E-state index >= 15 is 0 Å². The molecule has 0 aliphatic carbocycles. The summed E-state index contributed by atoms with van der Waals surface area (Å²) in [6.07, 6.45) is 1.03. The van der Waals surface area contributed by atoms with Crippen LogP contribution in [0.2, 0.25) is 0 Å². The molecule has 6 nitrogen and oxygen atoms in total. The Morgan fingerprint density at radius 1 is 1.22 bits per heavy atom. The Balaban J connectivity index is 1.60. The van der Waals surface area contributed by atoms with Crippen molar-refractivity contribution in [1.82, 2.24) is 15.2 Å². The summed E-state index contributed by atoms with van der Waals surface area (Å²) < 4.78 is 5.50. The Labute approximate surface area is 137 Å². The number of aryl methyl sites for hydroxylation is 3. The summed E-state index contributed by atoms with van der Waals surface area (Å²) in [7, 11) is 0. The number of amides is 1. The van der Waals surface area contributed by atoms with Crippen molar-refractivity contribution in [2.24, 2.45) is 0 Å². The van der Waals surface area contributed by atoms with Crippen molar-refractivity contribution in [1.29, 1.82) is 0 Å². The summed E-state index contributed by atoms with van der Waals surface area (Å²) in [4.78, 5) is 17.1. The molecular weight excluding hydrogens is 312 g/mol. The van der Waals surface area contributed by atoms with Gasteiger partial charge >= 0.3 is 6.01 Å². The molecule has 0 aliphatic heterocycles. The molecule has 1 amide bonds. The van der Waals surface area contributed by atoms with Crippen molar-refractivity contribution in [2.75, 3.05) is 5.32 Å². The average Bonchev–Trinajstić information content (AvgIpc) is 3.12. The van der Waals surface area contributed by atoms with E-state index in [1.807, 2.05) is 44.2 Å². The maximum atomic E-state index is 12.0. The van der Waals surface area contributed by atoms with E-state index in [9.17, 15) is 4.79 Å². The number of hydrogen-bond acceptors (Lipinski definition) is 6. The van der Waals surface area contributed by atoms with Crippen molar-refractivity contribution in [2.45, 2.75) is 26.7 Å². The van der Waals surface area contributed by atoms with Gasteiger partial charge in [-0.05, 0) is 25.8 Å². The quantitative estimate of drug-likeness (QED) is 0.776. The number of carbonyl (C=O) groups excluding carboxylic acids is 1. The highest BCUT2D eigenvalue weighted by Gasteiger charge is 2.16. The van der Waals surface area contributed by atoms with E-state index in [-0.39, 0.29) is 11.9 Å². The zero-order chi connectivity index (χ0) is 16.2. The first-order valence-corrected chi connectivity index (χ1v) is 8.05. The number of nitrogens with one attached hydrogen (secondary N) is 1. The third-order valence-electron chi connectivity index (χ3n) is 3.25. The van der Waals surface area contributed by atoms with Crippen LogP contribution in [0.25, 0.3) is 10.8 Å². The highest BCUT2D eigenvalue weighted by Crippen LogP contribution is 2.29. The Kier molecular flexibility index (Phi) is 4.47. The molecule has 3 rings (SSSR count). The number of benzene rings is 1. The lowest BCUT2D eigenvalue weighted by molar-refractivity contribution is -0.116. The zero-order valence-corrected chi connectivity index (χ0v) is 13.7. The van der Waals surface area contributed by atoms with Crippen LogP contribution in [-0.2, 0) is 11.2 Å². The molecule has 1 N–H and O–H groups in total. The Bertz CT molecular complexity index is 811. The number of hydrogen-bond donors (Lipinski definition) is 1. The van der Waals surface area contributed by atoms with Gasteiger partial charge in [-0.1, -0.05) is 35.4 Å². The second-order valence-corrected chi connectivity index (χ2v) is 6.30. The van der Waals surface area contributed by atoms with Gasteiger partial charge < -0.3 is 4.42 Å². The normalized spacial score (nSPS) is 10.7. The van der Waals surface area contributed by atoms with Gasteiger partial charge in [-0.15, -0.1) is 16.4 Å². The first kappa shape index (κ1) is 15.4. The molecule has 3 aromatic rings. The largest absolute Gasteiger partial charge is 0.402 e. The van der Waals surface area contributed by atoms with Crippen LogP contribution in [-0.4, -0.2) is 21.1 Å². The number of carbonyl (C=O) groups is 1. The second kappa shape index (κ2) is 6.70. The molecule has 0 saturated heterocycles. The van der Waals surface area contributed by atoms with Crippen molar-refractivity contribution in [3.05, 3.63) is 46.6 Å². The number of anilines is 1. The molecule has 2 heterocycles. The lowest BCUT2D eigenvalue weighted by atomic mass is 10.1. The summed E-state index contributed by atoms with van der Waals surface area (Å²) in [6.45, 7) is 3.81. The van der Waals surface area contributed by atoms with Crippen molar-refractivity contribution in [3.8, 4) is 10.8 Å². The van der Waals surface area contributed by atoms with Gasteiger partial charge in [-0.2, -0.15) is 0 Å². The lowest BCUT2D eigenvalue weighted by Gasteiger charge is -2.01. The Hall–Kier alpha value is -2.54. The fourth-order valence-corrected chi connectivity index (χ4v) is 3.02. The summed E-state index contributed by atoms with van der Waals surface area (Å²) in [6, 6.07) is 9.96. The molecular formula is C16H16N4O2S. The van der Waals surface area contributed by atoms with Gasteiger partial charge in [0.05, 0.1) is 10.7 Å². The predicted octanol–water partition coefficient (Wildman–Crippen LogP) is 3.38. The van der Waals surface area contributed by atoms with Crippen molar-refractivity contribution < 1.29 is 9.21 Å². The number of rotatable bonds is 5. The van der Waals surface area contributed by atoms with Gasteiger partial charge in [-0.3, -0.25) is 10.1 Å². The molecule has 0 fully saturated rings. The van der Waals surface area contributed by atoms with Gasteiger partial charge in [0.25, 0.3) is 5.89 Å². The second-order valence-electron chi connectivity index (χ2n) is 5.09. The van der Waals surface area contributed by atoms with E-state index in [0.717, 1.165) is 21.1 Å². The van der Waals surface area contributed by atoms with Crippen molar-refractivity contribution >= 4 is 23.3 Å².